The van der Waals surface area contributed by atoms with Gasteiger partial charge >= 0.3 is 0 Å². The van der Waals surface area contributed by atoms with Crippen LogP contribution in [-0.4, -0.2) is 23.4 Å². The molecule has 1 heterocycles. The molecular formula is C17H25N3O. The zero-order chi connectivity index (χ0) is 15.4. The highest BCUT2D eigenvalue weighted by Crippen LogP contribution is 2.28. The summed E-state index contributed by atoms with van der Waals surface area (Å²) in [6, 6.07) is 8.75. The highest BCUT2D eigenvalue weighted by Gasteiger charge is 2.18. The summed E-state index contributed by atoms with van der Waals surface area (Å²) in [6.45, 7) is 7.15. The third kappa shape index (κ3) is 3.64. The van der Waals surface area contributed by atoms with Gasteiger partial charge in [-0.25, -0.2) is 0 Å². The number of hydrogen-bond acceptors (Lipinski definition) is 3. The number of ether oxygens (including phenoxy) is 1. The number of aryl methyl sites for hydroxylation is 3. The Labute approximate surface area is 127 Å². The fraction of sp³-hybridized carbons (Fsp3) is 0.471. The minimum Gasteiger partial charge on any atom is -0.496 e. The fourth-order valence-electron chi connectivity index (χ4n) is 2.71. The van der Waals surface area contributed by atoms with Gasteiger partial charge < -0.3 is 10.1 Å². The lowest BCUT2D eigenvalue weighted by atomic mass is 9.99. The molecule has 4 nitrogen and oxygen atoms in total. The Hall–Kier alpha value is -1.81. The molecule has 0 saturated carbocycles. The number of likely N-dealkylation sites (N-methyl/N-ethyl adjacent to an activating group) is 1. The van der Waals surface area contributed by atoms with Gasteiger partial charge in [0.05, 0.1) is 12.8 Å². The van der Waals surface area contributed by atoms with Crippen molar-refractivity contribution in [2.45, 2.75) is 33.2 Å². The van der Waals surface area contributed by atoms with Gasteiger partial charge in [0.1, 0.15) is 5.75 Å². The van der Waals surface area contributed by atoms with Gasteiger partial charge in [0.15, 0.2) is 0 Å². The van der Waals surface area contributed by atoms with E-state index in [9.17, 15) is 0 Å². The molecule has 1 unspecified atom stereocenters. The van der Waals surface area contributed by atoms with Gasteiger partial charge in [0.2, 0.25) is 0 Å². The molecule has 4 heteroatoms. The first-order valence-corrected chi connectivity index (χ1v) is 7.42. The van der Waals surface area contributed by atoms with Crippen molar-refractivity contribution >= 4 is 0 Å². The van der Waals surface area contributed by atoms with E-state index in [1.54, 1.807) is 7.11 Å². The highest BCUT2D eigenvalue weighted by molar-refractivity contribution is 5.40. The molecule has 0 fully saturated rings. The second-order valence-electron chi connectivity index (χ2n) is 5.46. The van der Waals surface area contributed by atoms with Crippen LogP contribution in [0.15, 0.2) is 24.3 Å². The second kappa shape index (κ2) is 6.76. The maximum Gasteiger partial charge on any atom is 0.123 e. The van der Waals surface area contributed by atoms with Crippen LogP contribution in [0.25, 0.3) is 0 Å². The Kier molecular flexibility index (Phi) is 5.02. The summed E-state index contributed by atoms with van der Waals surface area (Å²) in [6.07, 6.45) is 0.893. The van der Waals surface area contributed by atoms with Crippen LogP contribution in [-0.2, 0) is 13.5 Å². The van der Waals surface area contributed by atoms with Crippen LogP contribution in [0.1, 0.15) is 35.5 Å². The molecule has 0 aliphatic carbocycles. The van der Waals surface area contributed by atoms with Crippen LogP contribution in [0, 0.1) is 13.8 Å². The minimum absolute atomic E-state index is 0.223. The van der Waals surface area contributed by atoms with E-state index in [0.717, 1.165) is 24.4 Å². The second-order valence-corrected chi connectivity index (χ2v) is 5.46. The average Bonchev–Trinajstić information content (AvgIpc) is 2.76. The van der Waals surface area contributed by atoms with E-state index in [-0.39, 0.29) is 6.04 Å². The number of methoxy groups -OCH3 is 1. The quantitative estimate of drug-likeness (QED) is 0.888. The Morgan fingerprint density at radius 1 is 1.29 bits per heavy atom. The van der Waals surface area contributed by atoms with Gasteiger partial charge in [0, 0.05) is 30.8 Å². The van der Waals surface area contributed by atoms with Crippen LogP contribution in [0.3, 0.4) is 0 Å². The summed E-state index contributed by atoms with van der Waals surface area (Å²) in [5.74, 6) is 0.944. The maximum absolute atomic E-state index is 5.56. The van der Waals surface area contributed by atoms with Crippen LogP contribution >= 0.6 is 0 Å². The summed E-state index contributed by atoms with van der Waals surface area (Å²) in [4.78, 5) is 0. The molecule has 1 aromatic carbocycles. The standard InChI is InChI=1S/C17H25N3O/c1-6-18-16(11-14-10-13(3)19-20(14)4)15-8-7-12(2)9-17(15)21-5/h7-10,16,18H,6,11H2,1-5H3. The molecule has 0 radical (unpaired) electrons. The van der Waals surface area contributed by atoms with Crippen molar-refractivity contribution in [1.82, 2.24) is 15.1 Å². The van der Waals surface area contributed by atoms with Gasteiger partial charge in [-0.2, -0.15) is 5.10 Å². The molecule has 0 saturated heterocycles. The molecule has 1 aromatic heterocycles. The maximum atomic E-state index is 5.56. The Balaban J connectivity index is 2.32. The topological polar surface area (TPSA) is 39.1 Å². The van der Waals surface area contributed by atoms with Gasteiger partial charge in [-0.05, 0) is 38.1 Å². The third-order valence-electron chi connectivity index (χ3n) is 3.73. The first kappa shape index (κ1) is 15.6. The lowest BCUT2D eigenvalue weighted by molar-refractivity contribution is 0.398. The molecule has 0 bridgehead atoms. The normalized spacial score (nSPS) is 12.4. The molecule has 0 spiro atoms. The monoisotopic (exact) mass is 287 g/mol. The van der Waals surface area contributed by atoms with Crippen molar-refractivity contribution in [2.24, 2.45) is 7.05 Å². The molecule has 1 N–H and O–H groups in total. The first-order chi connectivity index (χ1) is 10.0. The molecule has 114 valence electrons. The van der Waals surface area contributed by atoms with E-state index in [0.29, 0.717) is 0 Å². The van der Waals surface area contributed by atoms with Crippen LogP contribution in [0.2, 0.25) is 0 Å². The number of nitrogens with zero attached hydrogens (tertiary/aromatic N) is 2. The first-order valence-electron chi connectivity index (χ1n) is 7.42. The number of rotatable bonds is 6. The van der Waals surface area contributed by atoms with E-state index in [1.165, 1.54) is 16.8 Å². The van der Waals surface area contributed by atoms with E-state index < -0.39 is 0 Å². The van der Waals surface area contributed by atoms with Gasteiger partial charge in [-0.1, -0.05) is 19.1 Å². The summed E-state index contributed by atoms with van der Waals surface area (Å²) in [5, 5.41) is 7.99. The molecule has 1 atom stereocenters. The van der Waals surface area contributed by atoms with Crippen molar-refractivity contribution < 1.29 is 4.74 Å². The highest BCUT2D eigenvalue weighted by atomic mass is 16.5. The lowest BCUT2D eigenvalue weighted by Gasteiger charge is -2.21. The van der Waals surface area contributed by atoms with Crippen molar-refractivity contribution in [3.05, 3.63) is 46.8 Å². The predicted molar refractivity (Wildman–Crippen MR) is 85.8 cm³/mol. The zero-order valence-corrected chi connectivity index (χ0v) is 13.6. The molecule has 21 heavy (non-hydrogen) atoms. The SMILES string of the molecule is CCNC(Cc1cc(C)nn1C)c1ccc(C)cc1OC. The van der Waals surface area contributed by atoms with E-state index in [4.69, 9.17) is 4.74 Å². The van der Waals surface area contributed by atoms with E-state index in [2.05, 4.69) is 48.5 Å². The number of benzene rings is 1. The van der Waals surface area contributed by atoms with Crippen molar-refractivity contribution in [1.29, 1.82) is 0 Å². The van der Waals surface area contributed by atoms with Crippen molar-refractivity contribution in [3.8, 4) is 5.75 Å². The Bertz CT molecular complexity index is 604. The van der Waals surface area contributed by atoms with E-state index in [1.807, 2.05) is 18.7 Å². The molecule has 0 aliphatic heterocycles. The van der Waals surface area contributed by atoms with Crippen molar-refractivity contribution in [3.63, 3.8) is 0 Å². The molecule has 2 aromatic rings. The molecule has 2 rings (SSSR count). The van der Waals surface area contributed by atoms with E-state index >= 15 is 0 Å². The Morgan fingerprint density at radius 3 is 2.62 bits per heavy atom. The van der Waals surface area contributed by atoms with Crippen molar-refractivity contribution in [2.75, 3.05) is 13.7 Å². The molecule has 0 amide bonds. The van der Waals surface area contributed by atoms with Gasteiger partial charge in [0.25, 0.3) is 0 Å². The number of aromatic nitrogens is 2. The number of hydrogen-bond donors (Lipinski definition) is 1. The van der Waals surface area contributed by atoms with Crippen LogP contribution in [0.4, 0.5) is 0 Å². The smallest absolute Gasteiger partial charge is 0.123 e. The molecular weight excluding hydrogens is 262 g/mol. The van der Waals surface area contributed by atoms with Gasteiger partial charge in [-0.3, -0.25) is 4.68 Å². The lowest BCUT2D eigenvalue weighted by Crippen LogP contribution is -2.24. The molecule has 0 aliphatic rings. The Morgan fingerprint density at radius 2 is 2.05 bits per heavy atom. The summed E-state index contributed by atoms with van der Waals surface area (Å²) < 4.78 is 7.52. The minimum atomic E-state index is 0.223. The third-order valence-corrected chi connectivity index (χ3v) is 3.73. The summed E-state index contributed by atoms with van der Waals surface area (Å²) in [7, 11) is 3.73. The largest absolute Gasteiger partial charge is 0.496 e. The zero-order valence-electron chi connectivity index (χ0n) is 13.6. The summed E-state index contributed by atoms with van der Waals surface area (Å²) >= 11 is 0. The predicted octanol–water partition coefficient (Wildman–Crippen LogP) is 2.94. The summed E-state index contributed by atoms with van der Waals surface area (Å²) in [5.41, 5.74) is 4.69. The average molecular weight is 287 g/mol. The number of nitrogens with one attached hydrogen (secondary N) is 1. The van der Waals surface area contributed by atoms with Crippen LogP contribution < -0.4 is 10.1 Å². The van der Waals surface area contributed by atoms with Gasteiger partial charge in [-0.15, -0.1) is 0 Å². The fourth-order valence-corrected chi connectivity index (χ4v) is 2.71. The van der Waals surface area contributed by atoms with Crippen LogP contribution in [0.5, 0.6) is 5.75 Å².